The zero-order valence-corrected chi connectivity index (χ0v) is 16.8. The molecule has 6 nitrogen and oxygen atoms in total. The Morgan fingerprint density at radius 1 is 1.35 bits per heavy atom. The van der Waals surface area contributed by atoms with Gasteiger partial charge >= 0.3 is 0 Å². The Bertz CT molecular complexity index is 632. The Kier molecular flexibility index (Phi) is 9.58. The summed E-state index contributed by atoms with van der Waals surface area (Å²) in [6, 6.07) is 7.39. The number of para-hydroxylation sites is 1. The first kappa shape index (κ1) is 21.8. The molecule has 1 aromatic rings. The van der Waals surface area contributed by atoms with Gasteiger partial charge in [-0.1, -0.05) is 42.8 Å². The summed E-state index contributed by atoms with van der Waals surface area (Å²) in [6.45, 7) is 9.00. The van der Waals surface area contributed by atoms with Gasteiger partial charge in [-0.3, -0.25) is 4.79 Å². The van der Waals surface area contributed by atoms with Gasteiger partial charge in [-0.05, 0) is 25.5 Å². The lowest BCUT2D eigenvalue weighted by Gasteiger charge is -2.21. The van der Waals surface area contributed by atoms with Crippen LogP contribution >= 0.6 is 11.6 Å². The number of carbonyl (C=O) groups is 1. The minimum absolute atomic E-state index is 0.0687. The maximum absolute atomic E-state index is 11.8. The monoisotopic (exact) mass is 380 g/mol. The fourth-order valence-electron chi connectivity index (χ4n) is 1.90. The van der Waals surface area contributed by atoms with Crippen molar-refractivity contribution in [3.8, 4) is 5.75 Å². The Balaban J connectivity index is 2.69. The van der Waals surface area contributed by atoms with Gasteiger partial charge in [0.05, 0.1) is 11.6 Å². The van der Waals surface area contributed by atoms with Gasteiger partial charge in [-0.2, -0.15) is 0 Å². The molecule has 0 fully saturated rings. The van der Waals surface area contributed by atoms with Crippen LogP contribution in [0.15, 0.2) is 41.4 Å². The van der Waals surface area contributed by atoms with Crippen molar-refractivity contribution in [3.63, 3.8) is 0 Å². The van der Waals surface area contributed by atoms with Crippen molar-refractivity contribution >= 4 is 23.5 Å². The number of aliphatic imine (C=N–C) groups is 1. The van der Waals surface area contributed by atoms with Crippen molar-refractivity contribution in [2.45, 2.75) is 26.4 Å². The average Bonchev–Trinajstić information content (AvgIpc) is 2.60. The molecule has 0 heterocycles. The van der Waals surface area contributed by atoms with Gasteiger partial charge in [-0.25, -0.2) is 4.99 Å². The molecule has 0 aliphatic carbocycles. The lowest BCUT2D eigenvalue weighted by molar-refractivity contribution is -0.127. The van der Waals surface area contributed by atoms with Crippen LogP contribution in [0.5, 0.6) is 5.75 Å². The third-order valence-electron chi connectivity index (χ3n) is 3.51. The third kappa shape index (κ3) is 8.25. The second-order valence-electron chi connectivity index (χ2n) is 6.22. The number of hydrogen-bond acceptors (Lipinski definition) is 3. The topological polar surface area (TPSA) is 66.0 Å². The molecule has 0 saturated heterocycles. The second kappa shape index (κ2) is 11.4. The summed E-state index contributed by atoms with van der Waals surface area (Å²) in [7, 11) is 3.41. The van der Waals surface area contributed by atoms with Crippen molar-refractivity contribution < 1.29 is 9.53 Å². The number of likely N-dealkylation sites (N-methyl/N-ethyl adjacent to an activating group) is 1. The molecule has 1 aromatic carbocycles. The number of nitrogens with zero attached hydrogens (tertiary/aromatic N) is 2. The molecular weight excluding hydrogens is 352 g/mol. The van der Waals surface area contributed by atoms with E-state index in [2.05, 4.69) is 22.2 Å². The summed E-state index contributed by atoms with van der Waals surface area (Å²) in [5.41, 5.74) is 0.970. The zero-order chi connectivity index (χ0) is 19.5. The molecule has 1 unspecified atom stereocenters. The maximum atomic E-state index is 11.8. The van der Waals surface area contributed by atoms with Crippen LogP contribution in [0, 0.1) is 0 Å². The molecule has 0 aromatic heterocycles. The quantitative estimate of drug-likeness (QED) is 0.392. The van der Waals surface area contributed by atoms with Gasteiger partial charge in [0, 0.05) is 20.6 Å². The summed E-state index contributed by atoms with van der Waals surface area (Å²) < 4.78 is 5.96. The average molecular weight is 381 g/mol. The number of halogens is 1. The van der Waals surface area contributed by atoms with Crippen LogP contribution in [0.4, 0.5) is 0 Å². The molecule has 1 atom stereocenters. The molecular formula is C19H29ClN4O2. The molecule has 0 aliphatic heterocycles. The summed E-state index contributed by atoms with van der Waals surface area (Å²) >= 11 is 6.15. The highest BCUT2D eigenvalue weighted by molar-refractivity contribution is 6.32. The Hall–Kier alpha value is -2.21. The fraction of sp³-hybridized carbons (Fsp3) is 0.474. The van der Waals surface area contributed by atoms with Gasteiger partial charge in [0.2, 0.25) is 5.91 Å². The van der Waals surface area contributed by atoms with Crippen LogP contribution in [0.2, 0.25) is 5.02 Å². The van der Waals surface area contributed by atoms with E-state index in [0.717, 1.165) is 12.0 Å². The minimum Gasteiger partial charge on any atom is -0.487 e. The summed E-state index contributed by atoms with van der Waals surface area (Å²) in [5.74, 6) is 1.13. The minimum atomic E-state index is -0.0868. The van der Waals surface area contributed by atoms with Crippen LogP contribution < -0.4 is 15.4 Å². The number of nitrogens with one attached hydrogen (secondary N) is 2. The summed E-state index contributed by atoms with van der Waals surface area (Å²) in [6.07, 6.45) is 0.707. The van der Waals surface area contributed by atoms with E-state index in [1.54, 1.807) is 20.2 Å². The van der Waals surface area contributed by atoms with Crippen LogP contribution in [0.3, 0.4) is 0 Å². The second-order valence-corrected chi connectivity index (χ2v) is 6.63. The largest absolute Gasteiger partial charge is 0.487 e. The Labute approximate surface area is 161 Å². The zero-order valence-electron chi connectivity index (χ0n) is 16.0. The van der Waals surface area contributed by atoms with Crippen molar-refractivity contribution in [1.82, 2.24) is 15.5 Å². The molecule has 0 saturated carbocycles. The van der Waals surface area contributed by atoms with Gasteiger partial charge in [0.25, 0.3) is 0 Å². The van der Waals surface area contributed by atoms with Crippen LogP contribution in [-0.4, -0.2) is 56.6 Å². The van der Waals surface area contributed by atoms with Crippen LogP contribution in [0.25, 0.3) is 0 Å². The van der Waals surface area contributed by atoms with Gasteiger partial charge in [0.1, 0.15) is 18.4 Å². The van der Waals surface area contributed by atoms with Crippen molar-refractivity contribution in [2.75, 3.05) is 33.7 Å². The standard InChI is InChI=1S/C19H29ClN4O2/c1-6-15(26-17-10-8-7-9-16(17)20)12-22-19(21-11-14(2)3)23-13-18(25)24(4)5/h7-10,15H,2,6,11-13H2,1,3-5H3,(H2,21,22,23). The number of ether oxygens (including phenoxy) is 1. The number of guanidine groups is 1. The smallest absolute Gasteiger partial charge is 0.243 e. The number of rotatable bonds is 9. The van der Waals surface area contributed by atoms with Gasteiger partial charge in [-0.15, -0.1) is 0 Å². The number of carbonyl (C=O) groups excluding carboxylic acids is 1. The predicted octanol–water partition coefficient (Wildman–Crippen LogP) is 2.70. The lowest BCUT2D eigenvalue weighted by atomic mass is 10.2. The third-order valence-corrected chi connectivity index (χ3v) is 3.82. The Morgan fingerprint density at radius 3 is 2.62 bits per heavy atom. The number of benzene rings is 1. The van der Waals surface area contributed by atoms with Crippen molar-refractivity contribution in [3.05, 3.63) is 41.4 Å². The van der Waals surface area contributed by atoms with E-state index in [1.165, 1.54) is 4.90 Å². The van der Waals surface area contributed by atoms with Crippen molar-refractivity contribution in [2.24, 2.45) is 4.99 Å². The maximum Gasteiger partial charge on any atom is 0.243 e. The van der Waals surface area contributed by atoms with E-state index < -0.39 is 0 Å². The van der Waals surface area contributed by atoms with Gasteiger partial charge < -0.3 is 20.3 Å². The summed E-state index contributed by atoms with van der Waals surface area (Å²) in [5, 5.41) is 6.95. The van der Waals surface area contributed by atoms with E-state index in [-0.39, 0.29) is 18.6 Å². The predicted molar refractivity (Wildman–Crippen MR) is 108 cm³/mol. The number of amides is 1. The number of hydrogen-bond donors (Lipinski definition) is 2. The molecule has 0 aliphatic rings. The molecule has 26 heavy (non-hydrogen) atoms. The van der Waals surface area contributed by atoms with E-state index >= 15 is 0 Å². The molecule has 2 N–H and O–H groups in total. The van der Waals surface area contributed by atoms with E-state index in [0.29, 0.717) is 29.8 Å². The molecule has 1 rings (SSSR count). The summed E-state index contributed by atoms with van der Waals surface area (Å²) in [4.78, 5) is 17.6. The normalized spacial score (nSPS) is 12.3. The van der Waals surface area contributed by atoms with E-state index in [4.69, 9.17) is 16.3 Å². The first-order valence-electron chi connectivity index (χ1n) is 8.61. The molecule has 0 radical (unpaired) electrons. The molecule has 0 spiro atoms. The van der Waals surface area contributed by atoms with Crippen LogP contribution in [0.1, 0.15) is 20.3 Å². The van der Waals surface area contributed by atoms with Gasteiger partial charge in [0.15, 0.2) is 5.96 Å². The first-order valence-corrected chi connectivity index (χ1v) is 8.99. The van der Waals surface area contributed by atoms with E-state index in [9.17, 15) is 4.79 Å². The highest BCUT2D eigenvalue weighted by Crippen LogP contribution is 2.24. The van der Waals surface area contributed by atoms with Crippen LogP contribution in [-0.2, 0) is 4.79 Å². The lowest BCUT2D eigenvalue weighted by Crippen LogP contribution is -2.43. The molecule has 7 heteroatoms. The van der Waals surface area contributed by atoms with Crippen molar-refractivity contribution in [1.29, 1.82) is 0 Å². The highest BCUT2D eigenvalue weighted by Gasteiger charge is 2.12. The molecule has 0 bridgehead atoms. The SMILES string of the molecule is C=C(C)CNC(=NCC(=O)N(C)C)NCC(CC)Oc1ccccc1Cl. The highest BCUT2D eigenvalue weighted by atomic mass is 35.5. The molecule has 144 valence electrons. The fourth-order valence-corrected chi connectivity index (χ4v) is 2.08. The molecule has 1 amide bonds. The Morgan fingerprint density at radius 2 is 2.04 bits per heavy atom. The van der Waals surface area contributed by atoms with E-state index in [1.807, 2.05) is 32.0 Å². The first-order chi connectivity index (χ1) is 12.3.